The van der Waals surface area contributed by atoms with Crippen LogP contribution in [-0.4, -0.2) is 19.0 Å². The first-order valence-electron chi connectivity index (χ1n) is 6.92. The average molecular weight is 289 g/mol. The van der Waals surface area contributed by atoms with Gasteiger partial charge in [0, 0.05) is 5.69 Å². The summed E-state index contributed by atoms with van der Waals surface area (Å²) in [5, 5.41) is 2.76. The van der Waals surface area contributed by atoms with Crippen molar-refractivity contribution in [2.75, 3.05) is 12.4 Å². The molecule has 1 amide bonds. The van der Waals surface area contributed by atoms with Crippen molar-refractivity contribution in [2.24, 2.45) is 23.7 Å². The van der Waals surface area contributed by atoms with E-state index in [1.165, 1.54) is 31.4 Å². The number of hydrogen-bond acceptors (Lipinski definition) is 3. The molecule has 21 heavy (non-hydrogen) atoms. The fourth-order valence-corrected chi connectivity index (χ4v) is 3.40. The summed E-state index contributed by atoms with van der Waals surface area (Å²) in [6, 6.07) is 5.58. The Balaban J connectivity index is 1.78. The molecule has 0 aromatic heterocycles. The minimum Gasteiger partial charge on any atom is -0.469 e. The number of benzene rings is 1. The topological polar surface area (TPSA) is 55.4 Å². The van der Waals surface area contributed by atoms with Gasteiger partial charge in [0.15, 0.2) is 0 Å². The van der Waals surface area contributed by atoms with E-state index in [-0.39, 0.29) is 29.5 Å². The molecule has 0 unspecified atom stereocenters. The molecule has 5 heteroatoms. The molecule has 0 radical (unpaired) electrons. The van der Waals surface area contributed by atoms with Gasteiger partial charge >= 0.3 is 5.97 Å². The third-order valence-corrected chi connectivity index (χ3v) is 4.35. The molecular weight excluding hydrogens is 273 g/mol. The van der Waals surface area contributed by atoms with Gasteiger partial charge in [-0.3, -0.25) is 9.59 Å². The lowest BCUT2D eigenvalue weighted by atomic mass is 9.82. The van der Waals surface area contributed by atoms with Crippen LogP contribution in [0.1, 0.15) is 6.42 Å². The zero-order valence-electron chi connectivity index (χ0n) is 11.6. The van der Waals surface area contributed by atoms with Crippen molar-refractivity contribution in [1.82, 2.24) is 0 Å². The van der Waals surface area contributed by atoms with Crippen LogP contribution in [0.2, 0.25) is 0 Å². The van der Waals surface area contributed by atoms with Gasteiger partial charge in [0.2, 0.25) is 5.91 Å². The molecule has 2 aliphatic carbocycles. The van der Waals surface area contributed by atoms with Gasteiger partial charge in [-0.15, -0.1) is 0 Å². The molecule has 1 N–H and O–H groups in total. The van der Waals surface area contributed by atoms with Crippen molar-refractivity contribution in [3.05, 3.63) is 42.2 Å². The lowest BCUT2D eigenvalue weighted by Crippen LogP contribution is -2.37. The summed E-state index contributed by atoms with van der Waals surface area (Å²) in [5.41, 5.74) is 0.525. The van der Waals surface area contributed by atoms with Crippen LogP contribution in [0.25, 0.3) is 0 Å². The first-order chi connectivity index (χ1) is 10.1. The van der Waals surface area contributed by atoms with Crippen molar-refractivity contribution < 1.29 is 18.7 Å². The zero-order chi connectivity index (χ0) is 15.0. The van der Waals surface area contributed by atoms with Gasteiger partial charge in [0.1, 0.15) is 5.82 Å². The molecule has 110 valence electrons. The molecule has 0 saturated heterocycles. The van der Waals surface area contributed by atoms with Crippen molar-refractivity contribution in [3.8, 4) is 0 Å². The van der Waals surface area contributed by atoms with Crippen LogP contribution in [0.3, 0.4) is 0 Å². The molecule has 0 aliphatic heterocycles. The van der Waals surface area contributed by atoms with Crippen LogP contribution in [0.4, 0.5) is 10.1 Å². The number of fused-ring (bicyclic) bond motifs is 2. The first kappa shape index (κ1) is 13.8. The zero-order valence-corrected chi connectivity index (χ0v) is 11.6. The predicted molar refractivity (Wildman–Crippen MR) is 74.8 cm³/mol. The van der Waals surface area contributed by atoms with E-state index in [2.05, 4.69) is 5.32 Å². The van der Waals surface area contributed by atoms with Crippen LogP contribution >= 0.6 is 0 Å². The SMILES string of the molecule is COC(=O)[C@@H]1[C@H](C(=O)Nc2ccc(F)cc2)[C@@H]2C=C[C@H]1C2. The van der Waals surface area contributed by atoms with E-state index in [9.17, 15) is 14.0 Å². The Morgan fingerprint density at radius 2 is 1.76 bits per heavy atom. The second-order valence-electron chi connectivity index (χ2n) is 5.52. The highest BCUT2D eigenvalue weighted by Gasteiger charge is 2.52. The van der Waals surface area contributed by atoms with E-state index >= 15 is 0 Å². The lowest BCUT2D eigenvalue weighted by molar-refractivity contribution is -0.150. The molecule has 4 nitrogen and oxygen atoms in total. The second-order valence-corrected chi connectivity index (χ2v) is 5.52. The van der Waals surface area contributed by atoms with E-state index in [4.69, 9.17) is 4.74 Å². The van der Waals surface area contributed by atoms with Gasteiger partial charge in [-0.2, -0.15) is 0 Å². The van der Waals surface area contributed by atoms with Gasteiger partial charge in [-0.05, 0) is 42.5 Å². The number of methoxy groups -OCH3 is 1. The Bertz CT molecular complexity index is 596. The molecule has 1 fully saturated rings. The van der Waals surface area contributed by atoms with E-state index in [0.717, 1.165) is 6.42 Å². The van der Waals surface area contributed by atoms with Gasteiger partial charge in [-0.1, -0.05) is 12.2 Å². The number of allylic oxidation sites excluding steroid dienone is 2. The minimum absolute atomic E-state index is 0.0690. The number of nitrogens with one attached hydrogen (secondary N) is 1. The Morgan fingerprint density at radius 3 is 2.38 bits per heavy atom. The molecule has 1 aromatic rings. The molecular formula is C16H16FNO3. The Hall–Kier alpha value is -2.17. The second kappa shape index (κ2) is 5.31. The highest BCUT2D eigenvalue weighted by atomic mass is 19.1. The summed E-state index contributed by atoms with van der Waals surface area (Å²) < 4.78 is 17.7. The lowest BCUT2D eigenvalue weighted by Gasteiger charge is -2.25. The van der Waals surface area contributed by atoms with Crippen molar-refractivity contribution in [2.45, 2.75) is 6.42 Å². The summed E-state index contributed by atoms with van der Waals surface area (Å²) in [5.74, 6) is -1.61. The summed E-state index contributed by atoms with van der Waals surface area (Å²) in [6.45, 7) is 0. The third-order valence-electron chi connectivity index (χ3n) is 4.35. The summed E-state index contributed by atoms with van der Waals surface area (Å²) >= 11 is 0. The maximum Gasteiger partial charge on any atom is 0.310 e. The molecule has 2 aliphatic rings. The number of amides is 1. The van der Waals surface area contributed by atoms with Crippen LogP contribution in [0.5, 0.6) is 0 Å². The monoisotopic (exact) mass is 289 g/mol. The van der Waals surface area contributed by atoms with E-state index < -0.39 is 11.8 Å². The molecule has 1 aromatic carbocycles. The predicted octanol–water partition coefficient (Wildman–Crippen LogP) is 2.38. The molecule has 0 spiro atoms. The summed E-state index contributed by atoms with van der Waals surface area (Å²) in [6.07, 6.45) is 4.80. The van der Waals surface area contributed by atoms with Crippen molar-refractivity contribution in [1.29, 1.82) is 0 Å². The van der Waals surface area contributed by atoms with Crippen LogP contribution in [-0.2, 0) is 14.3 Å². The van der Waals surface area contributed by atoms with Crippen LogP contribution in [0.15, 0.2) is 36.4 Å². The van der Waals surface area contributed by atoms with Gasteiger partial charge < -0.3 is 10.1 Å². The number of anilines is 1. The third kappa shape index (κ3) is 2.44. The van der Waals surface area contributed by atoms with Crippen molar-refractivity contribution in [3.63, 3.8) is 0 Å². The van der Waals surface area contributed by atoms with E-state index in [1.54, 1.807) is 0 Å². The number of rotatable bonds is 3. The largest absolute Gasteiger partial charge is 0.469 e. The standard InChI is InChI=1S/C16H16FNO3/c1-21-16(20)14-10-3-2-9(8-10)13(14)15(19)18-12-6-4-11(17)5-7-12/h2-7,9-10,13-14H,8H2,1H3,(H,18,19)/t9-,10+,13-,14+/m1/s1. The normalized spacial score (nSPS) is 29.4. The number of halogens is 1. The fourth-order valence-electron chi connectivity index (χ4n) is 3.40. The minimum atomic E-state index is -0.426. The average Bonchev–Trinajstić information content (AvgIpc) is 3.09. The molecule has 3 rings (SSSR count). The Kier molecular flexibility index (Phi) is 3.49. The quantitative estimate of drug-likeness (QED) is 0.686. The van der Waals surface area contributed by atoms with Gasteiger partial charge in [-0.25, -0.2) is 4.39 Å². The molecule has 4 atom stereocenters. The van der Waals surface area contributed by atoms with Gasteiger partial charge in [0.05, 0.1) is 18.9 Å². The smallest absolute Gasteiger partial charge is 0.310 e. The maximum atomic E-state index is 12.9. The number of ether oxygens (including phenoxy) is 1. The number of hydrogen-bond donors (Lipinski definition) is 1. The molecule has 2 bridgehead atoms. The number of carbonyl (C=O) groups excluding carboxylic acids is 2. The molecule has 0 heterocycles. The highest BCUT2D eigenvalue weighted by Crippen LogP contribution is 2.48. The Labute approximate surface area is 122 Å². The van der Waals surface area contributed by atoms with E-state index in [1.807, 2.05) is 12.2 Å². The van der Waals surface area contributed by atoms with Crippen LogP contribution in [0, 0.1) is 29.5 Å². The Morgan fingerprint density at radius 1 is 1.14 bits per heavy atom. The fraction of sp³-hybridized carbons (Fsp3) is 0.375. The molecule has 1 saturated carbocycles. The summed E-state index contributed by atoms with van der Waals surface area (Å²) in [4.78, 5) is 24.4. The first-order valence-corrected chi connectivity index (χ1v) is 6.92. The number of carbonyl (C=O) groups is 2. The number of esters is 1. The van der Waals surface area contributed by atoms with Crippen LogP contribution < -0.4 is 5.32 Å². The van der Waals surface area contributed by atoms with Gasteiger partial charge in [0.25, 0.3) is 0 Å². The summed E-state index contributed by atoms with van der Waals surface area (Å²) in [7, 11) is 1.34. The van der Waals surface area contributed by atoms with E-state index in [0.29, 0.717) is 5.69 Å². The van der Waals surface area contributed by atoms with Crippen molar-refractivity contribution >= 4 is 17.6 Å². The highest BCUT2D eigenvalue weighted by molar-refractivity contribution is 5.96. The maximum absolute atomic E-state index is 12.9.